The first-order valence-electron chi connectivity index (χ1n) is 5.70. The Labute approximate surface area is 117 Å². The Bertz CT molecular complexity index is 869. The molecule has 0 amide bonds. The van der Waals surface area contributed by atoms with Crippen LogP contribution in [-0.4, -0.2) is 14.9 Å². The van der Waals surface area contributed by atoms with Crippen LogP contribution in [0.5, 0.6) is 0 Å². The smallest absolute Gasteiger partial charge is 0.301 e. The second-order valence-electron chi connectivity index (χ2n) is 3.99. The molecule has 0 aliphatic heterocycles. The van der Waals surface area contributed by atoms with Crippen LogP contribution in [0, 0.1) is 21.4 Å². The summed E-state index contributed by atoms with van der Waals surface area (Å²) in [6.07, 6.45) is 2.75. The highest BCUT2D eigenvalue weighted by Gasteiger charge is 2.18. The highest BCUT2D eigenvalue weighted by Crippen LogP contribution is 2.13. The fraction of sp³-hybridized carbons (Fsp3) is 0. The average molecular weight is 284 g/mol. The van der Waals surface area contributed by atoms with E-state index in [0.29, 0.717) is 11.1 Å². The Kier molecular flexibility index (Phi) is 3.76. The molecule has 8 heteroatoms. The first-order valence-corrected chi connectivity index (χ1v) is 5.70. The van der Waals surface area contributed by atoms with Gasteiger partial charge < -0.3 is 4.98 Å². The van der Waals surface area contributed by atoms with Gasteiger partial charge in [-0.25, -0.2) is 4.79 Å². The third-order valence-corrected chi connectivity index (χ3v) is 2.61. The summed E-state index contributed by atoms with van der Waals surface area (Å²) in [5.41, 5.74) is -1.70. The maximum atomic E-state index is 11.4. The number of aromatic nitrogens is 2. The molecule has 0 spiro atoms. The van der Waals surface area contributed by atoms with Crippen molar-refractivity contribution in [1.82, 2.24) is 9.97 Å². The largest absolute Gasteiger partial charge is 0.357 e. The molecule has 1 heterocycles. The summed E-state index contributed by atoms with van der Waals surface area (Å²) < 4.78 is 0. The van der Waals surface area contributed by atoms with E-state index in [9.17, 15) is 19.7 Å². The molecule has 0 saturated carbocycles. The van der Waals surface area contributed by atoms with E-state index in [1.165, 1.54) is 12.2 Å². The molecule has 0 bridgehead atoms. The molecule has 1 aromatic carbocycles. The SMILES string of the molecule is N#Cc1ccc(/C=C\c2[nH]c(=O)[nH]c(=O)c2[N+](=O)[O-])cc1. The van der Waals surface area contributed by atoms with Crippen LogP contribution in [0.3, 0.4) is 0 Å². The summed E-state index contributed by atoms with van der Waals surface area (Å²) in [6.45, 7) is 0. The van der Waals surface area contributed by atoms with E-state index in [1.54, 1.807) is 29.2 Å². The van der Waals surface area contributed by atoms with Crippen LogP contribution < -0.4 is 11.2 Å². The number of aromatic amines is 2. The standard InChI is InChI=1S/C13H8N4O4/c14-7-9-3-1-8(2-4-9)5-6-10-11(17(20)21)12(18)16-13(19)15-10/h1-6H,(H2,15,16,18,19)/b6-5-. The number of hydrogen-bond donors (Lipinski definition) is 2. The lowest BCUT2D eigenvalue weighted by molar-refractivity contribution is -0.386. The number of nitrogens with one attached hydrogen (secondary N) is 2. The predicted octanol–water partition coefficient (Wildman–Crippen LogP) is 1.01. The topological polar surface area (TPSA) is 133 Å². The van der Waals surface area contributed by atoms with Crippen LogP contribution in [0.2, 0.25) is 0 Å². The number of rotatable bonds is 3. The highest BCUT2D eigenvalue weighted by atomic mass is 16.6. The van der Waals surface area contributed by atoms with Crippen molar-refractivity contribution in [2.75, 3.05) is 0 Å². The number of nitro groups is 1. The van der Waals surface area contributed by atoms with Gasteiger partial charge in [-0.2, -0.15) is 5.26 Å². The summed E-state index contributed by atoms with van der Waals surface area (Å²) in [7, 11) is 0. The zero-order valence-electron chi connectivity index (χ0n) is 10.5. The molecule has 0 unspecified atom stereocenters. The monoisotopic (exact) mass is 284 g/mol. The molecule has 2 N–H and O–H groups in total. The van der Waals surface area contributed by atoms with Gasteiger partial charge in [-0.15, -0.1) is 0 Å². The van der Waals surface area contributed by atoms with Gasteiger partial charge in [-0.1, -0.05) is 18.2 Å². The third kappa shape index (κ3) is 3.10. The molecule has 0 saturated heterocycles. The van der Waals surface area contributed by atoms with Crippen LogP contribution in [0.25, 0.3) is 12.2 Å². The second-order valence-corrected chi connectivity index (χ2v) is 3.99. The van der Waals surface area contributed by atoms with E-state index >= 15 is 0 Å². The minimum atomic E-state index is -1.07. The van der Waals surface area contributed by atoms with E-state index in [2.05, 4.69) is 4.98 Å². The molecule has 0 atom stereocenters. The minimum absolute atomic E-state index is 0.196. The van der Waals surface area contributed by atoms with Gasteiger partial charge in [0.25, 0.3) is 0 Å². The van der Waals surface area contributed by atoms with Crippen molar-refractivity contribution in [3.8, 4) is 6.07 Å². The summed E-state index contributed by atoms with van der Waals surface area (Å²) in [5.74, 6) is 0. The summed E-state index contributed by atoms with van der Waals surface area (Å²) in [6, 6.07) is 8.38. The number of hydrogen-bond acceptors (Lipinski definition) is 5. The predicted molar refractivity (Wildman–Crippen MR) is 74.4 cm³/mol. The first kappa shape index (κ1) is 14.0. The quantitative estimate of drug-likeness (QED) is 0.641. The van der Waals surface area contributed by atoms with Gasteiger partial charge in [-0.3, -0.25) is 19.9 Å². The van der Waals surface area contributed by atoms with Gasteiger partial charge >= 0.3 is 16.9 Å². The van der Waals surface area contributed by atoms with E-state index in [-0.39, 0.29) is 5.69 Å². The second kappa shape index (κ2) is 5.66. The summed E-state index contributed by atoms with van der Waals surface area (Å²) in [4.78, 5) is 36.6. The summed E-state index contributed by atoms with van der Waals surface area (Å²) >= 11 is 0. The van der Waals surface area contributed by atoms with Crippen molar-refractivity contribution >= 4 is 17.8 Å². The van der Waals surface area contributed by atoms with Crippen LogP contribution in [0.15, 0.2) is 33.9 Å². The van der Waals surface area contributed by atoms with Crippen molar-refractivity contribution in [2.24, 2.45) is 0 Å². The molecule has 2 rings (SSSR count). The van der Waals surface area contributed by atoms with Crippen molar-refractivity contribution in [3.63, 3.8) is 0 Å². The lowest BCUT2D eigenvalue weighted by Gasteiger charge is -1.97. The van der Waals surface area contributed by atoms with Gasteiger partial charge in [0.15, 0.2) is 0 Å². The normalized spacial score (nSPS) is 10.4. The minimum Gasteiger partial charge on any atom is -0.301 e. The van der Waals surface area contributed by atoms with Crippen LogP contribution in [-0.2, 0) is 0 Å². The Morgan fingerprint density at radius 3 is 2.38 bits per heavy atom. The third-order valence-electron chi connectivity index (χ3n) is 2.61. The van der Waals surface area contributed by atoms with Gasteiger partial charge in [0.05, 0.1) is 16.6 Å². The zero-order valence-corrected chi connectivity index (χ0v) is 10.5. The van der Waals surface area contributed by atoms with Crippen molar-refractivity contribution in [2.45, 2.75) is 0 Å². The van der Waals surface area contributed by atoms with Crippen LogP contribution in [0.1, 0.15) is 16.8 Å². The van der Waals surface area contributed by atoms with Crippen molar-refractivity contribution in [3.05, 3.63) is 72.0 Å². The molecule has 0 radical (unpaired) electrons. The maximum Gasteiger partial charge on any atom is 0.357 e. The van der Waals surface area contributed by atoms with E-state index in [0.717, 1.165) is 0 Å². The number of nitrogens with zero attached hydrogens (tertiary/aromatic N) is 2. The maximum absolute atomic E-state index is 11.4. The Hall–Kier alpha value is -3.47. The number of benzene rings is 1. The molecular weight excluding hydrogens is 276 g/mol. The van der Waals surface area contributed by atoms with Crippen molar-refractivity contribution in [1.29, 1.82) is 5.26 Å². The van der Waals surface area contributed by atoms with E-state index in [1.807, 2.05) is 6.07 Å². The van der Waals surface area contributed by atoms with Gasteiger partial charge in [0.1, 0.15) is 5.69 Å². The molecule has 21 heavy (non-hydrogen) atoms. The fourth-order valence-electron chi connectivity index (χ4n) is 1.65. The number of nitriles is 1. The lowest BCUT2D eigenvalue weighted by Crippen LogP contribution is -2.25. The van der Waals surface area contributed by atoms with Crippen LogP contribution >= 0.6 is 0 Å². The molecule has 0 fully saturated rings. The lowest BCUT2D eigenvalue weighted by atomic mass is 10.1. The van der Waals surface area contributed by atoms with E-state index in [4.69, 9.17) is 5.26 Å². The molecule has 1 aromatic heterocycles. The Morgan fingerprint density at radius 2 is 1.81 bits per heavy atom. The van der Waals surface area contributed by atoms with Gasteiger partial charge in [-0.05, 0) is 23.8 Å². The molecule has 0 aliphatic carbocycles. The molecular formula is C13H8N4O4. The zero-order chi connectivity index (χ0) is 15.4. The van der Waals surface area contributed by atoms with Crippen LogP contribution in [0.4, 0.5) is 5.69 Å². The Balaban J connectivity index is 2.45. The highest BCUT2D eigenvalue weighted by molar-refractivity contribution is 5.71. The average Bonchev–Trinajstić information content (AvgIpc) is 2.44. The molecule has 0 aliphatic rings. The number of H-pyrrole nitrogens is 2. The Morgan fingerprint density at radius 1 is 1.14 bits per heavy atom. The molecule has 104 valence electrons. The van der Waals surface area contributed by atoms with Gasteiger partial charge in [0, 0.05) is 0 Å². The molecule has 2 aromatic rings. The summed E-state index contributed by atoms with van der Waals surface area (Å²) in [5, 5.41) is 19.5. The first-order chi connectivity index (χ1) is 10.0. The fourth-order valence-corrected chi connectivity index (χ4v) is 1.65. The molecule has 8 nitrogen and oxygen atoms in total. The van der Waals surface area contributed by atoms with E-state index < -0.39 is 21.9 Å². The van der Waals surface area contributed by atoms with Crippen molar-refractivity contribution < 1.29 is 4.92 Å². The van der Waals surface area contributed by atoms with Gasteiger partial charge in [0.2, 0.25) is 0 Å².